The molecule has 2 rings (SSSR count). The lowest BCUT2D eigenvalue weighted by Crippen LogP contribution is -2.64. The summed E-state index contributed by atoms with van der Waals surface area (Å²) in [5.74, 6) is 0. The van der Waals surface area contributed by atoms with Crippen molar-refractivity contribution in [1.82, 2.24) is 19.6 Å². The molecule has 0 unspecified atom stereocenters. The van der Waals surface area contributed by atoms with Crippen LogP contribution in [0, 0.1) is 0 Å². The molecule has 0 aliphatic rings. The summed E-state index contributed by atoms with van der Waals surface area (Å²) in [4.78, 5) is 2.10. The van der Waals surface area contributed by atoms with Gasteiger partial charge in [-0.15, -0.1) is 0 Å². The quantitative estimate of drug-likeness (QED) is 0.769. The monoisotopic (exact) mass is 230 g/mol. The van der Waals surface area contributed by atoms with E-state index in [1.807, 2.05) is 47.0 Å². The third kappa shape index (κ3) is 2.58. The predicted octanol–water partition coefficient (Wildman–Crippen LogP) is 0.735. The highest BCUT2D eigenvalue weighted by Crippen LogP contribution is 1.95. The fourth-order valence-electron chi connectivity index (χ4n) is 1.73. The zero-order valence-corrected chi connectivity index (χ0v) is 10.2. The van der Waals surface area contributed by atoms with Gasteiger partial charge in [0.2, 0.25) is 0 Å². The summed E-state index contributed by atoms with van der Waals surface area (Å²) in [6.45, 7) is 2.12. The Bertz CT molecular complexity index is 414. The number of aromatic nitrogens is 4. The molecule has 6 heteroatoms. The van der Waals surface area contributed by atoms with E-state index in [2.05, 4.69) is 34.2 Å². The Labute approximate surface area is 101 Å². The van der Waals surface area contributed by atoms with Crippen molar-refractivity contribution in [3.63, 3.8) is 0 Å². The first-order valence-corrected chi connectivity index (χ1v) is 5.75. The molecule has 0 aliphatic heterocycles. The first kappa shape index (κ1) is 11.5. The molecule has 0 amide bonds. The Morgan fingerprint density at radius 3 is 3.00 bits per heavy atom. The molecule has 0 spiro atoms. The molecule has 0 aromatic carbocycles. The average molecular weight is 230 g/mol. The Morgan fingerprint density at radius 2 is 2.41 bits per heavy atom. The molecule has 2 aromatic heterocycles. The number of H-pyrrole nitrogens is 1. The maximum absolute atomic E-state index is 4.30. The van der Waals surface area contributed by atoms with Crippen LogP contribution >= 0.6 is 0 Å². The molecular weight excluding hydrogens is 213 g/mol. The molecule has 88 valence electrons. The van der Waals surface area contributed by atoms with E-state index < -0.39 is 0 Å². The Morgan fingerprint density at radius 1 is 1.53 bits per heavy atom. The van der Waals surface area contributed by atoms with Crippen LogP contribution in [0.25, 0.3) is 0 Å². The van der Waals surface area contributed by atoms with Gasteiger partial charge >= 0.3 is 7.12 Å². The molecule has 0 fully saturated rings. The van der Waals surface area contributed by atoms with Crippen LogP contribution in [-0.4, -0.2) is 33.8 Å². The van der Waals surface area contributed by atoms with Crippen LogP contribution in [0.3, 0.4) is 0 Å². The van der Waals surface area contributed by atoms with Gasteiger partial charge in [-0.05, 0) is 18.7 Å². The number of rotatable bonds is 5. The summed E-state index contributed by atoms with van der Waals surface area (Å²) in [6, 6.07) is 3.89. The topological polar surface area (TPSA) is 40.7 Å². The molecule has 0 saturated carbocycles. The second kappa shape index (κ2) is 5.38. The predicted molar refractivity (Wildman–Crippen MR) is 67.0 cm³/mol. The van der Waals surface area contributed by atoms with Gasteiger partial charge in [-0.1, -0.05) is 13.0 Å². The van der Waals surface area contributed by atoms with Gasteiger partial charge in [0.25, 0.3) is 0 Å². The van der Waals surface area contributed by atoms with E-state index in [4.69, 9.17) is 0 Å². The standard InChI is InChI=1S/C11H16BN5/c1-3-4-9-15(2)12(16-10-5-7-13-16)17-11-6-8-14-17/h4-11H,3H2,1-2H3/p+1/b9-4-. The van der Waals surface area contributed by atoms with Crippen molar-refractivity contribution in [1.29, 1.82) is 0 Å². The van der Waals surface area contributed by atoms with Crippen LogP contribution in [-0.2, 0) is 0 Å². The molecule has 2 aromatic rings. The second-order valence-corrected chi connectivity index (χ2v) is 3.84. The molecule has 1 N–H and O–H groups in total. The van der Waals surface area contributed by atoms with Gasteiger partial charge in [-0.25, -0.2) is 4.59 Å². The second-order valence-electron chi connectivity index (χ2n) is 3.84. The van der Waals surface area contributed by atoms with E-state index in [1.165, 1.54) is 0 Å². The van der Waals surface area contributed by atoms with Gasteiger partial charge in [-0.3, -0.25) is 0 Å². The van der Waals surface area contributed by atoms with Crippen LogP contribution in [0.15, 0.2) is 49.2 Å². The van der Waals surface area contributed by atoms with Crippen molar-refractivity contribution in [3.05, 3.63) is 49.2 Å². The van der Waals surface area contributed by atoms with Gasteiger partial charge in [0.15, 0.2) is 6.20 Å². The smallest absolute Gasteiger partial charge is 0.335 e. The summed E-state index contributed by atoms with van der Waals surface area (Å²) >= 11 is 0. The molecule has 0 radical (unpaired) electrons. The minimum absolute atomic E-state index is 0.0113. The van der Waals surface area contributed by atoms with Gasteiger partial charge < -0.3 is 4.81 Å². The molecule has 0 bridgehead atoms. The summed E-state index contributed by atoms with van der Waals surface area (Å²) in [5, 5.41) is 7.47. The maximum Gasteiger partial charge on any atom is 0.796 e. The molecule has 2 heterocycles. The highest BCUT2D eigenvalue weighted by molar-refractivity contribution is 6.44. The summed E-state index contributed by atoms with van der Waals surface area (Å²) < 4.78 is 3.89. The molecular formula is C11H17BN5+. The van der Waals surface area contributed by atoms with Gasteiger partial charge in [0.05, 0.1) is 6.20 Å². The van der Waals surface area contributed by atoms with E-state index in [-0.39, 0.29) is 7.12 Å². The lowest BCUT2D eigenvalue weighted by molar-refractivity contribution is -0.609. The Hall–Kier alpha value is -1.98. The molecule has 17 heavy (non-hydrogen) atoms. The number of nitrogens with one attached hydrogen (secondary N) is 1. The fraction of sp³-hybridized carbons (Fsp3) is 0.273. The lowest BCUT2D eigenvalue weighted by Gasteiger charge is -2.13. The first-order chi connectivity index (χ1) is 8.33. The lowest BCUT2D eigenvalue weighted by atomic mass is 9.92. The molecule has 0 aliphatic carbocycles. The van der Waals surface area contributed by atoms with Gasteiger partial charge in [0.1, 0.15) is 0 Å². The summed E-state index contributed by atoms with van der Waals surface area (Å²) in [7, 11) is 2.02. The van der Waals surface area contributed by atoms with E-state index in [0.717, 1.165) is 6.42 Å². The highest BCUT2D eigenvalue weighted by atomic mass is 15.4. The van der Waals surface area contributed by atoms with Crippen LogP contribution in [0.5, 0.6) is 0 Å². The van der Waals surface area contributed by atoms with Crippen molar-refractivity contribution in [3.8, 4) is 0 Å². The van der Waals surface area contributed by atoms with E-state index in [9.17, 15) is 0 Å². The normalized spacial score (nSPS) is 10.9. The largest absolute Gasteiger partial charge is 0.796 e. The third-order valence-electron chi connectivity index (χ3n) is 2.52. The van der Waals surface area contributed by atoms with Crippen LogP contribution in [0.1, 0.15) is 13.3 Å². The first-order valence-electron chi connectivity index (χ1n) is 5.75. The molecule has 0 saturated heterocycles. The average Bonchev–Trinajstić information content (AvgIpc) is 2.99. The van der Waals surface area contributed by atoms with Crippen molar-refractivity contribution < 1.29 is 4.59 Å². The number of hydrogen-bond acceptors (Lipinski definition) is 2. The minimum Gasteiger partial charge on any atom is -0.335 e. The zero-order valence-electron chi connectivity index (χ0n) is 10.2. The van der Waals surface area contributed by atoms with Crippen LogP contribution < -0.4 is 4.59 Å². The van der Waals surface area contributed by atoms with Crippen molar-refractivity contribution in [2.24, 2.45) is 0 Å². The van der Waals surface area contributed by atoms with E-state index >= 15 is 0 Å². The van der Waals surface area contributed by atoms with Crippen molar-refractivity contribution in [2.45, 2.75) is 13.3 Å². The summed E-state index contributed by atoms with van der Waals surface area (Å²) in [6.07, 6.45) is 12.8. The molecule has 5 nitrogen and oxygen atoms in total. The zero-order chi connectivity index (χ0) is 12.1. The van der Waals surface area contributed by atoms with E-state index in [1.54, 1.807) is 6.20 Å². The Balaban J connectivity index is 2.28. The van der Waals surface area contributed by atoms with Gasteiger partial charge in [0, 0.05) is 25.5 Å². The maximum atomic E-state index is 4.30. The van der Waals surface area contributed by atoms with Gasteiger partial charge in [-0.2, -0.15) is 14.8 Å². The third-order valence-corrected chi connectivity index (χ3v) is 2.52. The number of hydrogen-bond donors (Lipinski definition) is 1. The number of aromatic amines is 1. The Kier molecular flexibility index (Phi) is 3.64. The summed E-state index contributed by atoms with van der Waals surface area (Å²) in [5.41, 5.74) is 0. The minimum atomic E-state index is -0.0113. The van der Waals surface area contributed by atoms with Crippen molar-refractivity contribution in [2.75, 3.05) is 7.05 Å². The number of allylic oxidation sites excluding steroid dienone is 1. The highest BCUT2D eigenvalue weighted by Gasteiger charge is 2.40. The number of nitrogens with zero attached hydrogens (tertiary/aromatic N) is 4. The SMILES string of the molecule is CC/C=C\N(C)B(n1cccn1)[n+]1ccc[nH]1. The molecule has 0 atom stereocenters. The van der Waals surface area contributed by atoms with Crippen molar-refractivity contribution >= 4 is 7.12 Å². The van der Waals surface area contributed by atoms with E-state index in [0.29, 0.717) is 0 Å². The van der Waals surface area contributed by atoms with Crippen LogP contribution in [0.4, 0.5) is 0 Å². The fourth-order valence-corrected chi connectivity index (χ4v) is 1.73. The van der Waals surface area contributed by atoms with Crippen LogP contribution in [0.2, 0.25) is 0 Å².